The predicted molar refractivity (Wildman–Crippen MR) is 115 cm³/mol. The first-order valence-electron chi connectivity index (χ1n) is 10.2. The van der Waals surface area contributed by atoms with Crippen LogP contribution in [0.5, 0.6) is 0 Å². The van der Waals surface area contributed by atoms with E-state index in [0.29, 0.717) is 0 Å². The summed E-state index contributed by atoms with van der Waals surface area (Å²) in [6, 6.07) is 14.3. The number of hydrogen-bond acceptors (Lipinski definition) is 5. The number of hydrogen-bond donors (Lipinski definition) is 2. The summed E-state index contributed by atoms with van der Waals surface area (Å²) in [5.74, 6) is -3.28. The Morgan fingerprint density at radius 2 is 1.52 bits per heavy atom. The van der Waals surface area contributed by atoms with Crippen molar-refractivity contribution in [1.82, 2.24) is 5.32 Å². The van der Waals surface area contributed by atoms with Crippen LogP contribution in [0.15, 0.2) is 48.5 Å². The minimum absolute atomic E-state index is 0.0486. The lowest BCUT2D eigenvalue weighted by Crippen LogP contribution is -2.49. The van der Waals surface area contributed by atoms with Crippen LogP contribution in [0.4, 0.5) is 4.79 Å². The van der Waals surface area contributed by atoms with E-state index in [-0.39, 0.29) is 12.5 Å². The van der Waals surface area contributed by atoms with Crippen molar-refractivity contribution >= 4 is 18.0 Å². The van der Waals surface area contributed by atoms with E-state index in [9.17, 15) is 19.5 Å². The molecule has 7 heteroatoms. The lowest BCUT2D eigenvalue weighted by atomic mass is 9.98. The zero-order valence-electron chi connectivity index (χ0n) is 18.0. The number of esters is 1. The lowest BCUT2D eigenvalue weighted by molar-refractivity contribution is -0.163. The van der Waals surface area contributed by atoms with Gasteiger partial charge in [0.2, 0.25) is 0 Å². The molecule has 7 nitrogen and oxygen atoms in total. The van der Waals surface area contributed by atoms with Gasteiger partial charge in [-0.05, 0) is 49.9 Å². The van der Waals surface area contributed by atoms with E-state index in [0.717, 1.165) is 22.3 Å². The molecule has 0 radical (unpaired) electrons. The Morgan fingerprint density at radius 1 is 1.00 bits per heavy atom. The van der Waals surface area contributed by atoms with E-state index < -0.39 is 35.6 Å². The summed E-state index contributed by atoms with van der Waals surface area (Å²) in [6.07, 6.45) is -0.898. The van der Waals surface area contributed by atoms with Gasteiger partial charge < -0.3 is 19.9 Å². The predicted octanol–water partition coefficient (Wildman–Crippen LogP) is 3.96. The van der Waals surface area contributed by atoms with Crippen LogP contribution in [-0.4, -0.2) is 41.4 Å². The average Bonchev–Trinajstić information content (AvgIpc) is 3.02. The number of rotatable bonds is 6. The highest BCUT2D eigenvalue weighted by molar-refractivity contribution is 5.87. The molecule has 0 aliphatic heterocycles. The Bertz CT molecular complexity index is 948. The molecule has 1 amide bonds. The number of fused-ring (bicyclic) bond motifs is 3. The van der Waals surface area contributed by atoms with Gasteiger partial charge in [-0.2, -0.15) is 0 Å². The first-order valence-corrected chi connectivity index (χ1v) is 10.2. The van der Waals surface area contributed by atoms with Gasteiger partial charge >= 0.3 is 18.0 Å². The zero-order valence-corrected chi connectivity index (χ0v) is 18.0. The second kappa shape index (κ2) is 8.79. The van der Waals surface area contributed by atoms with Crippen molar-refractivity contribution < 1.29 is 29.0 Å². The smallest absolute Gasteiger partial charge is 0.407 e. The summed E-state index contributed by atoms with van der Waals surface area (Å²) in [4.78, 5) is 36.3. The number of amides is 1. The zero-order chi connectivity index (χ0) is 22.8. The normalized spacial score (nSPS) is 14.7. The van der Waals surface area contributed by atoms with Gasteiger partial charge in [0.15, 0.2) is 0 Å². The monoisotopic (exact) mass is 425 g/mol. The van der Waals surface area contributed by atoms with E-state index in [1.807, 2.05) is 48.5 Å². The Balaban J connectivity index is 1.68. The number of nitrogens with one attached hydrogen (secondary N) is 1. The third-order valence-electron chi connectivity index (χ3n) is 5.16. The van der Waals surface area contributed by atoms with E-state index in [1.165, 1.54) is 6.92 Å². The molecule has 31 heavy (non-hydrogen) atoms. The summed E-state index contributed by atoms with van der Waals surface area (Å²) in [6.45, 7) is 6.51. The molecule has 2 atom stereocenters. The second-order valence-corrected chi connectivity index (χ2v) is 8.61. The van der Waals surface area contributed by atoms with Crippen molar-refractivity contribution in [2.24, 2.45) is 5.92 Å². The number of carboxylic acids is 1. The van der Waals surface area contributed by atoms with Gasteiger partial charge in [-0.25, -0.2) is 9.59 Å². The average molecular weight is 425 g/mol. The molecule has 0 saturated heterocycles. The molecule has 0 aromatic heterocycles. The third-order valence-corrected chi connectivity index (χ3v) is 5.16. The molecule has 0 spiro atoms. The molecule has 3 rings (SSSR count). The second-order valence-electron chi connectivity index (χ2n) is 8.61. The molecular formula is C24H27NO6. The lowest BCUT2D eigenvalue weighted by Gasteiger charge is -2.25. The van der Waals surface area contributed by atoms with Crippen molar-refractivity contribution in [2.75, 3.05) is 6.61 Å². The SMILES string of the molecule is C[C@@H](C(=O)OC(C)(C)C)[C@@H](NC(=O)OCC1c2ccccc2-c2ccccc21)C(=O)O. The number of aliphatic carboxylic acids is 1. The molecule has 0 unspecified atom stereocenters. The van der Waals surface area contributed by atoms with E-state index in [1.54, 1.807) is 20.8 Å². The van der Waals surface area contributed by atoms with E-state index in [2.05, 4.69) is 5.32 Å². The number of carbonyl (C=O) groups is 3. The highest BCUT2D eigenvalue weighted by atomic mass is 16.6. The number of ether oxygens (including phenoxy) is 2. The fourth-order valence-electron chi connectivity index (χ4n) is 3.70. The Labute approximate surface area is 181 Å². The van der Waals surface area contributed by atoms with Gasteiger partial charge in [-0.1, -0.05) is 48.5 Å². The Morgan fingerprint density at radius 3 is 2.00 bits per heavy atom. The van der Waals surface area contributed by atoms with Gasteiger partial charge in [-0.3, -0.25) is 4.79 Å². The number of benzene rings is 2. The number of alkyl carbamates (subject to hydrolysis) is 1. The molecule has 164 valence electrons. The molecule has 0 fully saturated rings. The summed E-state index contributed by atoms with van der Waals surface area (Å²) in [5, 5.41) is 11.8. The molecule has 0 saturated carbocycles. The highest BCUT2D eigenvalue weighted by Gasteiger charge is 2.35. The minimum Gasteiger partial charge on any atom is -0.480 e. The van der Waals surface area contributed by atoms with Crippen LogP contribution in [0.2, 0.25) is 0 Å². The molecule has 0 heterocycles. The molecule has 2 aromatic carbocycles. The summed E-state index contributed by atoms with van der Waals surface area (Å²) in [5.41, 5.74) is 3.52. The molecule has 2 aromatic rings. The van der Waals surface area contributed by atoms with E-state index in [4.69, 9.17) is 9.47 Å². The van der Waals surface area contributed by atoms with Gasteiger partial charge in [0.05, 0.1) is 5.92 Å². The first kappa shape index (κ1) is 22.3. The Hall–Kier alpha value is -3.35. The maximum Gasteiger partial charge on any atom is 0.407 e. The van der Waals surface area contributed by atoms with Gasteiger partial charge in [-0.15, -0.1) is 0 Å². The molecule has 1 aliphatic rings. The van der Waals surface area contributed by atoms with Crippen molar-refractivity contribution in [3.8, 4) is 11.1 Å². The van der Waals surface area contributed by atoms with Crippen molar-refractivity contribution in [2.45, 2.75) is 45.3 Å². The topological polar surface area (TPSA) is 102 Å². The van der Waals surface area contributed by atoms with Gasteiger partial charge in [0, 0.05) is 5.92 Å². The van der Waals surface area contributed by atoms with Gasteiger partial charge in [0.1, 0.15) is 18.2 Å². The van der Waals surface area contributed by atoms with Crippen molar-refractivity contribution in [3.05, 3.63) is 59.7 Å². The number of carboxylic acid groups (broad SMARTS) is 1. The van der Waals surface area contributed by atoms with Gasteiger partial charge in [0.25, 0.3) is 0 Å². The van der Waals surface area contributed by atoms with Crippen molar-refractivity contribution in [3.63, 3.8) is 0 Å². The number of carbonyl (C=O) groups excluding carboxylic acids is 2. The van der Waals surface area contributed by atoms with E-state index >= 15 is 0 Å². The summed E-state index contributed by atoms with van der Waals surface area (Å²) < 4.78 is 10.6. The van der Waals surface area contributed by atoms with Crippen LogP contribution in [-0.2, 0) is 19.1 Å². The van der Waals surface area contributed by atoms with Crippen LogP contribution >= 0.6 is 0 Å². The molecule has 1 aliphatic carbocycles. The van der Waals surface area contributed by atoms with Crippen LogP contribution in [0.1, 0.15) is 44.7 Å². The van der Waals surface area contributed by atoms with Crippen LogP contribution in [0.3, 0.4) is 0 Å². The fourth-order valence-corrected chi connectivity index (χ4v) is 3.70. The third kappa shape index (κ3) is 5.05. The molecule has 2 N–H and O–H groups in total. The fraction of sp³-hybridized carbons (Fsp3) is 0.375. The largest absolute Gasteiger partial charge is 0.480 e. The van der Waals surface area contributed by atoms with Crippen LogP contribution < -0.4 is 5.32 Å². The quantitative estimate of drug-likeness (QED) is 0.680. The Kier molecular flexibility index (Phi) is 6.34. The molecule has 0 bridgehead atoms. The summed E-state index contributed by atoms with van der Waals surface area (Å²) in [7, 11) is 0. The maximum atomic E-state index is 12.4. The van der Waals surface area contributed by atoms with Crippen LogP contribution in [0, 0.1) is 5.92 Å². The highest BCUT2D eigenvalue weighted by Crippen LogP contribution is 2.44. The maximum absolute atomic E-state index is 12.4. The standard InChI is InChI=1S/C24H27NO6/c1-14(22(28)31-24(2,3)4)20(21(26)27)25-23(29)30-13-19-17-11-7-5-9-15(17)16-10-6-8-12-18(16)19/h5-12,14,19-20H,13H2,1-4H3,(H,25,29)(H,26,27)/t14-,20-/m1/s1. The minimum atomic E-state index is -1.47. The molecular weight excluding hydrogens is 398 g/mol. The van der Waals surface area contributed by atoms with Crippen molar-refractivity contribution in [1.29, 1.82) is 0 Å². The summed E-state index contributed by atoms with van der Waals surface area (Å²) >= 11 is 0. The van der Waals surface area contributed by atoms with Crippen LogP contribution in [0.25, 0.3) is 11.1 Å². The first-order chi connectivity index (χ1) is 14.6.